The Labute approximate surface area is 122 Å². The SMILES string of the molecule is Cc1nc([C@H](C)N(C)Cc2n[nH]c(C)c2Cl)c(C)s1. The van der Waals surface area contributed by atoms with Gasteiger partial charge in [-0.2, -0.15) is 5.10 Å². The van der Waals surface area contributed by atoms with Crippen molar-refractivity contribution in [3.8, 4) is 0 Å². The van der Waals surface area contributed by atoms with E-state index in [2.05, 4.69) is 41.0 Å². The van der Waals surface area contributed by atoms with Gasteiger partial charge in [0, 0.05) is 11.4 Å². The average molecular weight is 299 g/mol. The third-order valence-electron chi connectivity index (χ3n) is 3.34. The van der Waals surface area contributed by atoms with Gasteiger partial charge in [0.2, 0.25) is 0 Å². The lowest BCUT2D eigenvalue weighted by atomic mass is 10.2. The van der Waals surface area contributed by atoms with Gasteiger partial charge in [-0.3, -0.25) is 10.00 Å². The van der Waals surface area contributed by atoms with Gasteiger partial charge >= 0.3 is 0 Å². The minimum atomic E-state index is 0.248. The van der Waals surface area contributed by atoms with E-state index in [0.29, 0.717) is 6.54 Å². The van der Waals surface area contributed by atoms with E-state index in [1.807, 2.05) is 13.8 Å². The number of H-pyrrole nitrogens is 1. The van der Waals surface area contributed by atoms with Crippen molar-refractivity contribution < 1.29 is 0 Å². The fourth-order valence-corrected chi connectivity index (χ4v) is 3.14. The molecule has 0 radical (unpaired) electrons. The largest absolute Gasteiger partial charge is 0.292 e. The predicted molar refractivity (Wildman–Crippen MR) is 79.8 cm³/mol. The van der Waals surface area contributed by atoms with E-state index in [0.717, 1.165) is 27.1 Å². The van der Waals surface area contributed by atoms with Gasteiger partial charge in [0.1, 0.15) is 0 Å². The molecule has 4 nitrogen and oxygen atoms in total. The summed E-state index contributed by atoms with van der Waals surface area (Å²) in [6, 6.07) is 0.248. The molecule has 2 aromatic heterocycles. The summed E-state index contributed by atoms with van der Waals surface area (Å²) in [6.07, 6.45) is 0. The van der Waals surface area contributed by atoms with Gasteiger partial charge in [0.15, 0.2) is 0 Å². The van der Waals surface area contributed by atoms with Crippen LogP contribution in [0.1, 0.15) is 39.9 Å². The molecule has 2 rings (SSSR count). The number of thiazole rings is 1. The van der Waals surface area contributed by atoms with Crippen LogP contribution in [0.25, 0.3) is 0 Å². The van der Waals surface area contributed by atoms with Crippen molar-refractivity contribution in [3.63, 3.8) is 0 Å². The van der Waals surface area contributed by atoms with E-state index in [1.165, 1.54) is 4.88 Å². The first-order chi connectivity index (χ1) is 8.90. The maximum atomic E-state index is 6.20. The van der Waals surface area contributed by atoms with Crippen molar-refractivity contribution in [2.24, 2.45) is 0 Å². The molecule has 2 heterocycles. The number of nitrogens with one attached hydrogen (secondary N) is 1. The molecular weight excluding hydrogens is 280 g/mol. The van der Waals surface area contributed by atoms with Crippen LogP contribution in [0.15, 0.2) is 0 Å². The molecular formula is C13H19ClN4S. The first-order valence-electron chi connectivity index (χ1n) is 6.23. The fraction of sp³-hybridized carbons (Fsp3) is 0.538. The normalized spacial score (nSPS) is 13.2. The van der Waals surface area contributed by atoms with E-state index in [-0.39, 0.29) is 6.04 Å². The minimum Gasteiger partial charge on any atom is -0.292 e. The summed E-state index contributed by atoms with van der Waals surface area (Å²) in [5.74, 6) is 0. The molecule has 0 unspecified atom stereocenters. The van der Waals surface area contributed by atoms with Gasteiger partial charge in [-0.05, 0) is 34.7 Å². The molecule has 0 aromatic carbocycles. The van der Waals surface area contributed by atoms with E-state index in [4.69, 9.17) is 11.6 Å². The maximum absolute atomic E-state index is 6.20. The van der Waals surface area contributed by atoms with E-state index in [1.54, 1.807) is 11.3 Å². The van der Waals surface area contributed by atoms with Crippen LogP contribution in [0.2, 0.25) is 5.02 Å². The molecule has 1 N–H and O–H groups in total. The number of nitrogens with zero attached hydrogens (tertiary/aromatic N) is 3. The lowest BCUT2D eigenvalue weighted by Crippen LogP contribution is -2.23. The topological polar surface area (TPSA) is 44.8 Å². The first-order valence-corrected chi connectivity index (χ1v) is 7.43. The van der Waals surface area contributed by atoms with Crippen molar-refractivity contribution in [1.29, 1.82) is 0 Å². The van der Waals surface area contributed by atoms with Gasteiger partial charge in [-0.1, -0.05) is 11.6 Å². The van der Waals surface area contributed by atoms with Gasteiger partial charge in [-0.25, -0.2) is 4.98 Å². The van der Waals surface area contributed by atoms with Crippen molar-refractivity contribution in [2.75, 3.05) is 7.05 Å². The van der Waals surface area contributed by atoms with Crippen LogP contribution < -0.4 is 0 Å². The number of halogens is 1. The molecule has 0 saturated carbocycles. The molecule has 0 bridgehead atoms. The second-order valence-corrected chi connectivity index (χ2v) is 6.66. The summed E-state index contributed by atoms with van der Waals surface area (Å²) in [5.41, 5.74) is 2.95. The highest BCUT2D eigenvalue weighted by molar-refractivity contribution is 7.11. The van der Waals surface area contributed by atoms with Crippen LogP contribution in [0.4, 0.5) is 0 Å². The summed E-state index contributed by atoms with van der Waals surface area (Å²) in [5, 5.41) is 9.00. The molecule has 2 aromatic rings. The molecule has 0 fully saturated rings. The summed E-state index contributed by atoms with van der Waals surface area (Å²) >= 11 is 7.95. The van der Waals surface area contributed by atoms with Crippen LogP contribution in [0.5, 0.6) is 0 Å². The number of rotatable bonds is 4. The third-order valence-corrected chi connectivity index (χ3v) is 4.74. The average Bonchev–Trinajstić information content (AvgIpc) is 2.84. The second kappa shape index (κ2) is 5.61. The van der Waals surface area contributed by atoms with E-state index in [9.17, 15) is 0 Å². The molecule has 104 valence electrons. The summed E-state index contributed by atoms with van der Waals surface area (Å²) in [7, 11) is 2.07. The Bertz CT molecular complexity index is 575. The Hall–Kier alpha value is -0.910. The highest BCUT2D eigenvalue weighted by atomic mass is 35.5. The summed E-state index contributed by atoms with van der Waals surface area (Å²) in [4.78, 5) is 8.11. The molecule has 0 aliphatic heterocycles. The molecule has 0 spiro atoms. The lowest BCUT2D eigenvalue weighted by Gasteiger charge is -2.23. The summed E-state index contributed by atoms with van der Waals surface area (Å²) < 4.78 is 0. The zero-order chi connectivity index (χ0) is 14.2. The fourth-order valence-electron chi connectivity index (χ4n) is 2.09. The van der Waals surface area contributed by atoms with Crippen molar-refractivity contribution in [2.45, 2.75) is 40.3 Å². The maximum Gasteiger partial charge on any atom is 0.0951 e. The van der Waals surface area contributed by atoms with Crippen molar-refractivity contribution >= 4 is 22.9 Å². The highest BCUT2D eigenvalue weighted by Crippen LogP contribution is 2.28. The van der Waals surface area contributed by atoms with Gasteiger partial charge in [0.05, 0.1) is 33.2 Å². The standard InChI is InChI=1S/C13H19ClN4S/c1-7-12(14)11(17-16-7)6-18(5)8(2)13-9(3)19-10(4)15-13/h8H,6H2,1-5H3,(H,16,17)/t8-/m0/s1. The molecule has 0 amide bonds. The van der Waals surface area contributed by atoms with Crippen LogP contribution in [0, 0.1) is 20.8 Å². The molecule has 19 heavy (non-hydrogen) atoms. The summed E-state index contributed by atoms with van der Waals surface area (Å²) in [6.45, 7) is 8.96. The van der Waals surface area contributed by atoms with Crippen molar-refractivity contribution in [1.82, 2.24) is 20.1 Å². The first kappa shape index (κ1) is 14.5. The van der Waals surface area contributed by atoms with Gasteiger partial charge < -0.3 is 0 Å². The zero-order valence-corrected chi connectivity index (χ0v) is 13.5. The number of aromatic nitrogens is 3. The number of aryl methyl sites for hydroxylation is 3. The van der Waals surface area contributed by atoms with Crippen LogP contribution >= 0.6 is 22.9 Å². The number of aromatic amines is 1. The molecule has 0 aliphatic rings. The Balaban J connectivity index is 2.13. The molecule has 1 atom stereocenters. The Morgan fingerprint density at radius 3 is 2.53 bits per heavy atom. The van der Waals surface area contributed by atoms with Crippen LogP contribution in [-0.4, -0.2) is 27.1 Å². The lowest BCUT2D eigenvalue weighted by molar-refractivity contribution is 0.245. The smallest absolute Gasteiger partial charge is 0.0951 e. The Morgan fingerprint density at radius 2 is 2.05 bits per heavy atom. The zero-order valence-electron chi connectivity index (χ0n) is 11.9. The van der Waals surface area contributed by atoms with E-state index < -0.39 is 0 Å². The number of hydrogen-bond acceptors (Lipinski definition) is 4. The number of hydrogen-bond donors (Lipinski definition) is 1. The molecule has 0 aliphatic carbocycles. The Kier molecular flexibility index (Phi) is 4.28. The third kappa shape index (κ3) is 2.99. The highest BCUT2D eigenvalue weighted by Gasteiger charge is 2.19. The second-order valence-electron chi connectivity index (χ2n) is 4.87. The Morgan fingerprint density at radius 1 is 1.37 bits per heavy atom. The quantitative estimate of drug-likeness (QED) is 0.937. The monoisotopic (exact) mass is 298 g/mol. The van der Waals surface area contributed by atoms with Gasteiger partial charge in [0.25, 0.3) is 0 Å². The van der Waals surface area contributed by atoms with E-state index >= 15 is 0 Å². The van der Waals surface area contributed by atoms with Gasteiger partial charge in [-0.15, -0.1) is 11.3 Å². The van der Waals surface area contributed by atoms with Crippen LogP contribution in [-0.2, 0) is 6.54 Å². The molecule has 6 heteroatoms. The van der Waals surface area contributed by atoms with Crippen molar-refractivity contribution in [3.05, 3.63) is 32.0 Å². The molecule has 0 saturated heterocycles. The van der Waals surface area contributed by atoms with Crippen LogP contribution in [0.3, 0.4) is 0 Å². The minimum absolute atomic E-state index is 0.248. The predicted octanol–water partition coefficient (Wildman–Crippen LogP) is 3.64.